The van der Waals surface area contributed by atoms with Crippen LogP contribution in [0.2, 0.25) is 0 Å². The van der Waals surface area contributed by atoms with Crippen LogP contribution < -0.4 is 14.8 Å². The molecule has 106 valence electrons. The van der Waals surface area contributed by atoms with E-state index < -0.39 is 0 Å². The Morgan fingerprint density at radius 3 is 2.63 bits per heavy atom. The van der Waals surface area contributed by atoms with Crippen molar-refractivity contribution < 1.29 is 14.3 Å². The summed E-state index contributed by atoms with van der Waals surface area (Å²) in [7, 11) is 3.35. The Morgan fingerprint density at radius 1 is 1.32 bits per heavy atom. The Labute approximate surface area is 114 Å². The molecule has 1 aromatic carbocycles. The maximum absolute atomic E-state index is 11.7. The van der Waals surface area contributed by atoms with E-state index in [1.54, 1.807) is 25.1 Å². The van der Waals surface area contributed by atoms with E-state index >= 15 is 0 Å². The van der Waals surface area contributed by atoms with Crippen molar-refractivity contribution in [2.45, 2.75) is 19.8 Å². The number of carbonyl (C=O) groups excluding carboxylic acids is 1. The third-order valence-electron chi connectivity index (χ3n) is 2.71. The standard InChI is InChI=1S/C14H22N2O3/c1-4-5-10-16(2)14(17)15-11-19-13-9-7-6-8-12(13)18-3/h6-9H,4-5,10-11H2,1-3H3,(H,15,17). The minimum Gasteiger partial charge on any atom is -0.493 e. The van der Waals surface area contributed by atoms with E-state index in [9.17, 15) is 4.79 Å². The van der Waals surface area contributed by atoms with Crippen LogP contribution >= 0.6 is 0 Å². The molecule has 1 rings (SSSR count). The average Bonchev–Trinajstić information content (AvgIpc) is 2.45. The Balaban J connectivity index is 2.35. The first-order valence-corrected chi connectivity index (χ1v) is 6.43. The van der Waals surface area contributed by atoms with Gasteiger partial charge in [-0.2, -0.15) is 0 Å². The zero-order chi connectivity index (χ0) is 14.1. The summed E-state index contributed by atoms with van der Waals surface area (Å²) >= 11 is 0. The van der Waals surface area contributed by atoms with Crippen LogP contribution in [0.3, 0.4) is 0 Å². The summed E-state index contributed by atoms with van der Waals surface area (Å²) in [4.78, 5) is 13.3. The molecule has 0 radical (unpaired) electrons. The van der Waals surface area contributed by atoms with Crippen molar-refractivity contribution in [3.63, 3.8) is 0 Å². The summed E-state index contributed by atoms with van der Waals surface area (Å²) in [6.07, 6.45) is 2.06. The number of nitrogens with one attached hydrogen (secondary N) is 1. The largest absolute Gasteiger partial charge is 0.493 e. The highest BCUT2D eigenvalue weighted by Crippen LogP contribution is 2.25. The van der Waals surface area contributed by atoms with Gasteiger partial charge in [0.05, 0.1) is 7.11 Å². The second-order valence-electron chi connectivity index (χ2n) is 4.20. The summed E-state index contributed by atoms with van der Waals surface area (Å²) in [5.74, 6) is 1.26. The number of hydrogen-bond donors (Lipinski definition) is 1. The van der Waals surface area contributed by atoms with Gasteiger partial charge in [-0.25, -0.2) is 4.79 Å². The molecule has 19 heavy (non-hydrogen) atoms. The van der Waals surface area contributed by atoms with Crippen molar-refractivity contribution in [3.8, 4) is 11.5 Å². The van der Waals surface area contributed by atoms with Gasteiger partial charge in [-0.3, -0.25) is 0 Å². The van der Waals surface area contributed by atoms with Crippen LogP contribution in [0, 0.1) is 0 Å². The van der Waals surface area contributed by atoms with Gasteiger partial charge in [-0.1, -0.05) is 25.5 Å². The number of rotatable bonds is 7. The Hall–Kier alpha value is -1.91. The smallest absolute Gasteiger partial charge is 0.319 e. The number of methoxy groups -OCH3 is 1. The summed E-state index contributed by atoms with van der Waals surface area (Å²) in [5, 5.41) is 2.70. The summed E-state index contributed by atoms with van der Waals surface area (Å²) in [6.45, 7) is 2.96. The lowest BCUT2D eigenvalue weighted by atomic mass is 10.3. The molecular formula is C14H22N2O3. The van der Waals surface area contributed by atoms with Gasteiger partial charge in [0, 0.05) is 13.6 Å². The van der Waals surface area contributed by atoms with Crippen LogP contribution in [0.5, 0.6) is 11.5 Å². The van der Waals surface area contributed by atoms with E-state index in [1.807, 2.05) is 18.2 Å². The Kier molecular flexibility index (Phi) is 6.57. The zero-order valence-electron chi connectivity index (χ0n) is 11.8. The van der Waals surface area contributed by atoms with Crippen molar-refractivity contribution in [1.29, 1.82) is 0 Å². The molecule has 0 unspecified atom stereocenters. The molecule has 0 spiro atoms. The van der Waals surface area contributed by atoms with Crippen LogP contribution in [-0.2, 0) is 0 Å². The van der Waals surface area contributed by atoms with Gasteiger partial charge in [-0.05, 0) is 18.6 Å². The Morgan fingerprint density at radius 2 is 2.00 bits per heavy atom. The molecule has 0 aliphatic heterocycles. The van der Waals surface area contributed by atoms with Crippen molar-refractivity contribution in [2.75, 3.05) is 27.4 Å². The average molecular weight is 266 g/mol. The Bertz CT molecular complexity index is 396. The first-order chi connectivity index (χ1) is 9.19. The lowest BCUT2D eigenvalue weighted by Gasteiger charge is -2.18. The minimum absolute atomic E-state index is 0.121. The fourth-order valence-electron chi connectivity index (χ4n) is 1.55. The van der Waals surface area contributed by atoms with Crippen LogP contribution in [0.25, 0.3) is 0 Å². The van der Waals surface area contributed by atoms with Crippen LogP contribution in [0.1, 0.15) is 19.8 Å². The molecule has 0 aliphatic carbocycles. The molecule has 5 heteroatoms. The maximum Gasteiger partial charge on any atom is 0.319 e. The molecule has 0 heterocycles. The normalized spacial score (nSPS) is 9.84. The van der Waals surface area contributed by atoms with Gasteiger partial charge in [0.25, 0.3) is 0 Å². The summed E-state index contributed by atoms with van der Waals surface area (Å²) < 4.78 is 10.6. The molecule has 0 saturated carbocycles. The van der Waals surface area contributed by atoms with E-state index in [-0.39, 0.29) is 12.8 Å². The number of nitrogens with zero attached hydrogens (tertiary/aromatic N) is 1. The topological polar surface area (TPSA) is 50.8 Å². The molecular weight excluding hydrogens is 244 g/mol. The number of carbonyl (C=O) groups is 1. The molecule has 0 bridgehead atoms. The number of unbranched alkanes of at least 4 members (excludes halogenated alkanes) is 1. The van der Waals surface area contributed by atoms with Gasteiger partial charge < -0.3 is 19.7 Å². The molecule has 2 amide bonds. The van der Waals surface area contributed by atoms with Crippen LogP contribution in [0.4, 0.5) is 4.79 Å². The van der Waals surface area contributed by atoms with Crippen molar-refractivity contribution in [2.24, 2.45) is 0 Å². The second kappa shape index (κ2) is 8.24. The molecule has 1 N–H and O–H groups in total. The van der Waals surface area contributed by atoms with Gasteiger partial charge in [0.2, 0.25) is 0 Å². The van der Waals surface area contributed by atoms with Gasteiger partial charge in [-0.15, -0.1) is 0 Å². The highest BCUT2D eigenvalue weighted by atomic mass is 16.5. The molecule has 0 atom stereocenters. The first kappa shape index (κ1) is 15.1. The summed E-state index contributed by atoms with van der Waals surface area (Å²) in [6, 6.07) is 7.19. The van der Waals surface area contributed by atoms with Crippen LogP contribution in [0.15, 0.2) is 24.3 Å². The molecule has 0 aliphatic rings. The molecule has 5 nitrogen and oxygen atoms in total. The monoisotopic (exact) mass is 266 g/mol. The van der Waals surface area contributed by atoms with Gasteiger partial charge in [0.1, 0.15) is 0 Å². The number of ether oxygens (including phenoxy) is 2. The van der Waals surface area contributed by atoms with E-state index in [0.717, 1.165) is 19.4 Å². The second-order valence-corrected chi connectivity index (χ2v) is 4.20. The maximum atomic E-state index is 11.7. The van der Waals surface area contributed by atoms with E-state index in [2.05, 4.69) is 12.2 Å². The number of benzene rings is 1. The van der Waals surface area contributed by atoms with Gasteiger partial charge >= 0.3 is 6.03 Å². The van der Waals surface area contributed by atoms with E-state index in [4.69, 9.17) is 9.47 Å². The number of urea groups is 1. The highest BCUT2D eigenvalue weighted by molar-refractivity contribution is 5.73. The zero-order valence-corrected chi connectivity index (χ0v) is 11.8. The van der Waals surface area contributed by atoms with Crippen molar-refractivity contribution in [1.82, 2.24) is 10.2 Å². The predicted octanol–water partition coefficient (Wildman–Crippen LogP) is 2.47. The third-order valence-corrected chi connectivity index (χ3v) is 2.71. The van der Waals surface area contributed by atoms with E-state index in [0.29, 0.717) is 11.5 Å². The lowest BCUT2D eigenvalue weighted by Crippen LogP contribution is -2.39. The number of amides is 2. The lowest BCUT2D eigenvalue weighted by molar-refractivity contribution is 0.192. The fourth-order valence-corrected chi connectivity index (χ4v) is 1.55. The molecule has 1 aromatic rings. The van der Waals surface area contributed by atoms with E-state index in [1.165, 1.54) is 0 Å². The van der Waals surface area contributed by atoms with Crippen LogP contribution in [-0.4, -0.2) is 38.4 Å². The third kappa shape index (κ3) is 5.07. The quantitative estimate of drug-likeness (QED) is 0.771. The van der Waals surface area contributed by atoms with Crippen molar-refractivity contribution >= 4 is 6.03 Å². The first-order valence-electron chi connectivity index (χ1n) is 6.43. The van der Waals surface area contributed by atoms with Gasteiger partial charge in [0.15, 0.2) is 18.2 Å². The summed E-state index contributed by atoms with van der Waals surface area (Å²) in [5.41, 5.74) is 0. The SMILES string of the molecule is CCCCN(C)C(=O)NCOc1ccccc1OC. The molecule has 0 fully saturated rings. The molecule has 0 aromatic heterocycles. The highest BCUT2D eigenvalue weighted by Gasteiger charge is 2.07. The molecule has 0 saturated heterocycles. The number of hydrogen-bond acceptors (Lipinski definition) is 3. The number of para-hydroxylation sites is 2. The minimum atomic E-state index is -0.136. The fraction of sp³-hybridized carbons (Fsp3) is 0.500. The van der Waals surface area contributed by atoms with Crippen molar-refractivity contribution in [3.05, 3.63) is 24.3 Å². The predicted molar refractivity (Wildman–Crippen MR) is 74.6 cm³/mol.